The molecule has 2 aromatic carbocycles. The summed E-state index contributed by atoms with van der Waals surface area (Å²) in [5.41, 5.74) is -0.339. The maximum atomic E-state index is 13.6. The lowest BCUT2D eigenvalue weighted by molar-refractivity contribution is -0.120. The van der Waals surface area contributed by atoms with Gasteiger partial charge in [-0.3, -0.25) is 4.79 Å². The second kappa shape index (κ2) is 6.58. The lowest BCUT2D eigenvalue weighted by Crippen LogP contribution is -2.28. The van der Waals surface area contributed by atoms with Crippen LogP contribution in [0, 0.1) is 5.82 Å². The zero-order valence-electron chi connectivity index (χ0n) is 12.5. The van der Waals surface area contributed by atoms with Crippen molar-refractivity contribution in [2.24, 2.45) is 0 Å². The fourth-order valence-electron chi connectivity index (χ4n) is 2.16. The highest BCUT2D eigenvalue weighted by Gasteiger charge is 2.26. The minimum atomic E-state index is -1.30. The van der Waals surface area contributed by atoms with Crippen molar-refractivity contribution < 1.29 is 19.0 Å². The largest absolute Gasteiger partial charge is 0.494 e. The first-order valence-corrected chi connectivity index (χ1v) is 6.83. The van der Waals surface area contributed by atoms with Gasteiger partial charge in [0.2, 0.25) is 5.91 Å². The van der Waals surface area contributed by atoms with E-state index in [1.165, 1.54) is 25.3 Å². The van der Waals surface area contributed by atoms with E-state index in [0.29, 0.717) is 11.3 Å². The standard InChI is InChI=1S/C17H18FNO3/c1-17(21,12-6-4-3-5-7-12)11-16(20)19-13-8-9-15(22-2)14(18)10-13/h3-10,21H,11H2,1-2H3,(H,19,20). The van der Waals surface area contributed by atoms with Crippen LogP contribution in [-0.2, 0) is 10.4 Å². The maximum Gasteiger partial charge on any atom is 0.227 e. The Labute approximate surface area is 128 Å². The molecule has 0 aliphatic carbocycles. The van der Waals surface area contributed by atoms with E-state index >= 15 is 0 Å². The van der Waals surface area contributed by atoms with Crippen molar-refractivity contribution in [3.8, 4) is 5.75 Å². The van der Waals surface area contributed by atoms with Gasteiger partial charge >= 0.3 is 0 Å². The van der Waals surface area contributed by atoms with Crippen LogP contribution in [0.1, 0.15) is 18.9 Å². The first kappa shape index (κ1) is 16.0. The predicted octanol–water partition coefficient (Wildman–Crippen LogP) is 3.07. The second-order valence-corrected chi connectivity index (χ2v) is 5.21. The molecule has 1 amide bonds. The van der Waals surface area contributed by atoms with Crippen molar-refractivity contribution in [1.82, 2.24) is 0 Å². The number of rotatable bonds is 5. The van der Waals surface area contributed by atoms with Gasteiger partial charge in [0, 0.05) is 11.8 Å². The number of carbonyl (C=O) groups excluding carboxylic acids is 1. The molecule has 1 atom stereocenters. The summed E-state index contributed by atoms with van der Waals surface area (Å²) in [5, 5.41) is 13.0. The SMILES string of the molecule is COc1ccc(NC(=O)CC(C)(O)c2ccccc2)cc1F. The number of carbonyl (C=O) groups is 1. The Morgan fingerprint density at radius 2 is 1.95 bits per heavy atom. The first-order chi connectivity index (χ1) is 10.4. The summed E-state index contributed by atoms with van der Waals surface area (Å²) in [6.45, 7) is 1.57. The number of aliphatic hydroxyl groups is 1. The van der Waals surface area contributed by atoms with Crippen LogP contribution in [0.3, 0.4) is 0 Å². The monoisotopic (exact) mass is 303 g/mol. The number of anilines is 1. The van der Waals surface area contributed by atoms with E-state index in [9.17, 15) is 14.3 Å². The van der Waals surface area contributed by atoms with Crippen molar-refractivity contribution in [2.45, 2.75) is 18.9 Å². The van der Waals surface area contributed by atoms with E-state index in [1.54, 1.807) is 31.2 Å². The molecule has 2 rings (SSSR count). The van der Waals surface area contributed by atoms with Crippen molar-refractivity contribution in [2.75, 3.05) is 12.4 Å². The van der Waals surface area contributed by atoms with Crippen LogP contribution in [0.5, 0.6) is 5.75 Å². The normalized spacial score (nSPS) is 13.3. The molecule has 22 heavy (non-hydrogen) atoms. The summed E-state index contributed by atoms with van der Waals surface area (Å²) < 4.78 is 18.4. The van der Waals surface area contributed by atoms with Gasteiger partial charge in [-0.05, 0) is 24.6 Å². The molecule has 0 saturated heterocycles. The molecule has 116 valence electrons. The van der Waals surface area contributed by atoms with Crippen molar-refractivity contribution >= 4 is 11.6 Å². The molecule has 0 heterocycles. The Kier molecular flexibility index (Phi) is 4.78. The Morgan fingerprint density at radius 3 is 2.55 bits per heavy atom. The van der Waals surface area contributed by atoms with E-state index in [4.69, 9.17) is 4.74 Å². The van der Waals surface area contributed by atoms with E-state index in [1.807, 2.05) is 6.07 Å². The summed E-state index contributed by atoms with van der Waals surface area (Å²) in [5.74, 6) is -0.858. The van der Waals surface area contributed by atoms with Crippen LogP contribution in [0.25, 0.3) is 0 Å². The number of methoxy groups -OCH3 is 1. The van der Waals surface area contributed by atoms with Gasteiger partial charge in [-0.25, -0.2) is 4.39 Å². The molecule has 2 N–H and O–H groups in total. The Balaban J connectivity index is 2.05. The third-order valence-electron chi connectivity index (χ3n) is 3.34. The number of hydrogen-bond acceptors (Lipinski definition) is 3. The number of hydrogen-bond donors (Lipinski definition) is 2. The summed E-state index contributed by atoms with van der Waals surface area (Å²) in [6.07, 6.45) is -0.134. The summed E-state index contributed by atoms with van der Waals surface area (Å²) >= 11 is 0. The average molecular weight is 303 g/mol. The zero-order chi connectivity index (χ0) is 16.2. The van der Waals surface area contributed by atoms with Gasteiger partial charge in [0.25, 0.3) is 0 Å². The van der Waals surface area contributed by atoms with E-state index in [-0.39, 0.29) is 12.2 Å². The van der Waals surface area contributed by atoms with E-state index in [2.05, 4.69) is 5.32 Å². The minimum Gasteiger partial charge on any atom is -0.494 e. The number of ether oxygens (including phenoxy) is 1. The second-order valence-electron chi connectivity index (χ2n) is 5.21. The summed E-state index contributed by atoms with van der Waals surface area (Å²) in [7, 11) is 1.37. The molecular weight excluding hydrogens is 285 g/mol. The zero-order valence-corrected chi connectivity index (χ0v) is 12.5. The molecule has 4 nitrogen and oxygen atoms in total. The fraction of sp³-hybridized carbons (Fsp3) is 0.235. The third kappa shape index (κ3) is 3.83. The van der Waals surface area contributed by atoms with Crippen LogP contribution >= 0.6 is 0 Å². The number of amides is 1. The van der Waals surface area contributed by atoms with Crippen LogP contribution in [-0.4, -0.2) is 18.1 Å². The van der Waals surface area contributed by atoms with Crippen molar-refractivity contribution in [3.05, 3.63) is 59.9 Å². The van der Waals surface area contributed by atoms with E-state index < -0.39 is 17.3 Å². The van der Waals surface area contributed by atoms with Crippen LogP contribution < -0.4 is 10.1 Å². The smallest absolute Gasteiger partial charge is 0.227 e. The van der Waals surface area contributed by atoms with Gasteiger partial charge in [-0.1, -0.05) is 30.3 Å². The fourth-order valence-corrected chi connectivity index (χ4v) is 2.16. The van der Waals surface area contributed by atoms with Crippen molar-refractivity contribution in [3.63, 3.8) is 0 Å². The van der Waals surface area contributed by atoms with Crippen LogP contribution in [0.4, 0.5) is 10.1 Å². The maximum absolute atomic E-state index is 13.6. The first-order valence-electron chi connectivity index (χ1n) is 6.83. The van der Waals surface area contributed by atoms with Gasteiger partial charge in [0.15, 0.2) is 11.6 Å². The number of nitrogens with one attached hydrogen (secondary N) is 1. The minimum absolute atomic E-state index is 0.106. The molecule has 0 saturated carbocycles. The topological polar surface area (TPSA) is 58.6 Å². The molecule has 0 spiro atoms. The summed E-state index contributed by atoms with van der Waals surface area (Å²) in [4.78, 5) is 12.0. The van der Waals surface area contributed by atoms with Gasteiger partial charge in [0.1, 0.15) is 0 Å². The molecule has 2 aromatic rings. The molecule has 0 fully saturated rings. The molecular formula is C17H18FNO3. The van der Waals surface area contributed by atoms with E-state index in [0.717, 1.165) is 0 Å². The number of halogens is 1. The summed E-state index contributed by atoms with van der Waals surface area (Å²) in [6, 6.07) is 13.1. The van der Waals surface area contributed by atoms with Gasteiger partial charge < -0.3 is 15.2 Å². The van der Waals surface area contributed by atoms with Gasteiger partial charge in [-0.2, -0.15) is 0 Å². The third-order valence-corrected chi connectivity index (χ3v) is 3.34. The van der Waals surface area contributed by atoms with Gasteiger partial charge in [0.05, 0.1) is 19.1 Å². The Bertz CT molecular complexity index is 656. The quantitative estimate of drug-likeness (QED) is 0.892. The number of benzene rings is 2. The highest BCUT2D eigenvalue weighted by molar-refractivity contribution is 5.91. The Hall–Kier alpha value is -2.40. The molecule has 0 aromatic heterocycles. The van der Waals surface area contributed by atoms with Crippen LogP contribution in [0.15, 0.2) is 48.5 Å². The lowest BCUT2D eigenvalue weighted by Gasteiger charge is -2.23. The molecule has 1 unspecified atom stereocenters. The average Bonchev–Trinajstić information content (AvgIpc) is 2.47. The molecule has 0 aliphatic heterocycles. The highest BCUT2D eigenvalue weighted by Crippen LogP contribution is 2.25. The van der Waals surface area contributed by atoms with Crippen LogP contribution in [0.2, 0.25) is 0 Å². The Morgan fingerprint density at radius 1 is 1.27 bits per heavy atom. The molecule has 0 bridgehead atoms. The highest BCUT2D eigenvalue weighted by atomic mass is 19.1. The molecule has 0 radical (unpaired) electrons. The lowest BCUT2D eigenvalue weighted by atomic mass is 9.92. The van der Waals surface area contributed by atoms with Crippen molar-refractivity contribution in [1.29, 1.82) is 0 Å². The predicted molar refractivity (Wildman–Crippen MR) is 82.2 cm³/mol. The van der Waals surface area contributed by atoms with Gasteiger partial charge in [-0.15, -0.1) is 0 Å². The molecule has 0 aliphatic rings. The molecule has 5 heteroatoms.